The van der Waals surface area contributed by atoms with Crippen LogP contribution in [0.1, 0.15) is 31.1 Å². The fourth-order valence-corrected chi connectivity index (χ4v) is 2.39. The summed E-state index contributed by atoms with van der Waals surface area (Å²) in [6, 6.07) is 0. The molecule has 2 aliphatic rings. The monoisotopic (exact) mass is 249 g/mol. The zero-order chi connectivity index (χ0) is 12.5. The Morgan fingerprint density at radius 3 is 3.17 bits per heavy atom. The van der Waals surface area contributed by atoms with Gasteiger partial charge in [-0.1, -0.05) is 0 Å². The van der Waals surface area contributed by atoms with Crippen molar-refractivity contribution in [3.63, 3.8) is 0 Å². The predicted molar refractivity (Wildman–Crippen MR) is 65.2 cm³/mol. The average Bonchev–Trinajstić information content (AvgIpc) is 2.86. The van der Waals surface area contributed by atoms with Crippen molar-refractivity contribution in [3.8, 4) is 0 Å². The van der Waals surface area contributed by atoms with Gasteiger partial charge < -0.3 is 9.84 Å². The quantitative estimate of drug-likeness (QED) is 0.831. The second kappa shape index (κ2) is 4.62. The Morgan fingerprint density at radius 1 is 1.50 bits per heavy atom. The van der Waals surface area contributed by atoms with E-state index in [2.05, 4.69) is 9.98 Å². The molecule has 0 radical (unpaired) electrons. The minimum atomic E-state index is -0.337. The molecular formula is C12H15N3O3. The molecule has 1 saturated heterocycles. The van der Waals surface area contributed by atoms with Crippen molar-refractivity contribution in [3.05, 3.63) is 22.2 Å². The number of rotatable bonds is 2. The van der Waals surface area contributed by atoms with Crippen LogP contribution >= 0.6 is 0 Å². The van der Waals surface area contributed by atoms with Crippen LogP contribution in [0.4, 0.5) is 5.82 Å². The summed E-state index contributed by atoms with van der Waals surface area (Å²) in [6.45, 7) is -0.00604. The molecule has 6 heteroatoms. The van der Waals surface area contributed by atoms with Gasteiger partial charge in [-0.15, -0.1) is 0 Å². The molecule has 0 spiro atoms. The normalized spacial score (nSPS) is 26.3. The van der Waals surface area contributed by atoms with Gasteiger partial charge >= 0.3 is 5.69 Å². The van der Waals surface area contributed by atoms with E-state index in [-0.39, 0.29) is 24.6 Å². The lowest BCUT2D eigenvalue weighted by atomic mass is 10.1. The number of aliphatic imine (C=N–C) groups is 1. The Morgan fingerprint density at radius 2 is 2.39 bits per heavy atom. The number of ether oxygens (including phenoxy) is 1. The van der Waals surface area contributed by atoms with Gasteiger partial charge in [0, 0.05) is 18.0 Å². The molecule has 6 nitrogen and oxygen atoms in total. The number of aliphatic hydroxyl groups excluding tert-OH is 1. The Bertz CT molecular complexity index is 538. The van der Waals surface area contributed by atoms with Crippen LogP contribution in [-0.2, 0) is 11.2 Å². The smallest absolute Gasteiger partial charge is 0.351 e. The molecule has 0 amide bonds. The topological polar surface area (TPSA) is 76.7 Å². The van der Waals surface area contributed by atoms with Crippen LogP contribution in [0, 0.1) is 0 Å². The van der Waals surface area contributed by atoms with Gasteiger partial charge in [0.2, 0.25) is 0 Å². The number of aryl methyl sites for hydroxylation is 1. The molecule has 3 rings (SSSR count). The van der Waals surface area contributed by atoms with Crippen molar-refractivity contribution in [2.45, 2.75) is 38.0 Å². The molecule has 1 aromatic rings. The maximum Gasteiger partial charge on any atom is 0.351 e. The summed E-state index contributed by atoms with van der Waals surface area (Å²) in [5.74, 6) is 0.527. The third-order valence-electron chi connectivity index (χ3n) is 3.36. The summed E-state index contributed by atoms with van der Waals surface area (Å²) in [5.41, 5.74) is 0.643. The molecule has 1 N–H and O–H groups in total. The van der Waals surface area contributed by atoms with Crippen molar-refractivity contribution in [1.82, 2.24) is 9.55 Å². The van der Waals surface area contributed by atoms with Gasteiger partial charge in [-0.3, -0.25) is 4.57 Å². The molecule has 3 heterocycles. The number of hydrogen-bond acceptors (Lipinski definition) is 5. The van der Waals surface area contributed by atoms with Crippen LogP contribution in [0.2, 0.25) is 0 Å². The first-order valence-corrected chi connectivity index (χ1v) is 6.19. The highest BCUT2D eigenvalue weighted by molar-refractivity contribution is 5.66. The van der Waals surface area contributed by atoms with E-state index in [4.69, 9.17) is 9.84 Å². The third-order valence-corrected chi connectivity index (χ3v) is 3.36. The number of fused-ring (bicyclic) bond motifs is 1. The van der Waals surface area contributed by atoms with E-state index in [9.17, 15) is 4.79 Å². The largest absolute Gasteiger partial charge is 0.394 e. The van der Waals surface area contributed by atoms with Gasteiger partial charge in [0.1, 0.15) is 6.23 Å². The van der Waals surface area contributed by atoms with E-state index in [1.165, 1.54) is 4.57 Å². The lowest BCUT2D eigenvalue weighted by Crippen LogP contribution is -2.28. The second-order valence-corrected chi connectivity index (χ2v) is 4.60. The Labute approximate surface area is 104 Å². The second-order valence-electron chi connectivity index (χ2n) is 4.60. The van der Waals surface area contributed by atoms with Crippen LogP contribution in [0.3, 0.4) is 0 Å². The van der Waals surface area contributed by atoms with Crippen LogP contribution < -0.4 is 5.69 Å². The van der Waals surface area contributed by atoms with Crippen molar-refractivity contribution in [2.24, 2.45) is 4.99 Å². The molecule has 2 unspecified atom stereocenters. The van der Waals surface area contributed by atoms with E-state index in [0.29, 0.717) is 5.82 Å². The van der Waals surface area contributed by atoms with E-state index in [0.717, 1.165) is 31.2 Å². The molecule has 2 aliphatic heterocycles. The molecule has 0 saturated carbocycles. The SMILES string of the molecule is O=c1nc2c(cn1C1CCC(CO)O1)CCC=N2. The van der Waals surface area contributed by atoms with Crippen LogP contribution in [-0.4, -0.2) is 33.6 Å². The first kappa shape index (κ1) is 11.6. The number of aliphatic hydroxyl groups is 1. The van der Waals surface area contributed by atoms with E-state index < -0.39 is 0 Å². The highest BCUT2D eigenvalue weighted by atomic mass is 16.5. The molecule has 18 heavy (non-hydrogen) atoms. The summed E-state index contributed by atoms with van der Waals surface area (Å²) in [7, 11) is 0. The van der Waals surface area contributed by atoms with E-state index >= 15 is 0 Å². The fourth-order valence-electron chi connectivity index (χ4n) is 2.39. The Kier molecular flexibility index (Phi) is 2.97. The summed E-state index contributed by atoms with van der Waals surface area (Å²) in [5, 5.41) is 9.04. The summed E-state index contributed by atoms with van der Waals surface area (Å²) in [6.07, 6.45) is 6.32. The van der Waals surface area contributed by atoms with Crippen molar-refractivity contribution in [1.29, 1.82) is 0 Å². The molecule has 0 aromatic carbocycles. The standard InChI is InChI=1S/C12H15N3O3/c16-7-9-3-4-10(18-9)15-6-8-2-1-5-13-11(8)14-12(15)17/h5-6,9-10,16H,1-4,7H2. The average molecular weight is 249 g/mol. The van der Waals surface area contributed by atoms with E-state index in [1.54, 1.807) is 12.4 Å². The summed E-state index contributed by atoms with van der Waals surface area (Å²) < 4.78 is 7.13. The number of hydrogen-bond donors (Lipinski definition) is 1. The molecule has 2 atom stereocenters. The molecular weight excluding hydrogens is 234 g/mol. The number of nitrogens with zero attached hydrogens (tertiary/aromatic N) is 3. The van der Waals surface area contributed by atoms with Crippen molar-refractivity contribution < 1.29 is 9.84 Å². The predicted octanol–water partition coefficient (Wildman–Crippen LogP) is 0.562. The summed E-state index contributed by atoms with van der Waals surface area (Å²) >= 11 is 0. The van der Waals surface area contributed by atoms with Gasteiger partial charge in [-0.2, -0.15) is 4.98 Å². The van der Waals surface area contributed by atoms with Gasteiger partial charge in [0.25, 0.3) is 0 Å². The minimum Gasteiger partial charge on any atom is -0.394 e. The maximum absolute atomic E-state index is 11.9. The van der Waals surface area contributed by atoms with Crippen molar-refractivity contribution >= 4 is 12.0 Å². The lowest BCUT2D eigenvalue weighted by molar-refractivity contribution is -0.0246. The maximum atomic E-state index is 11.9. The first-order chi connectivity index (χ1) is 8.78. The Balaban J connectivity index is 1.93. The van der Waals surface area contributed by atoms with Crippen LogP contribution in [0.15, 0.2) is 16.0 Å². The highest BCUT2D eigenvalue weighted by Crippen LogP contribution is 2.28. The van der Waals surface area contributed by atoms with Gasteiger partial charge in [-0.25, -0.2) is 9.79 Å². The summed E-state index contributed by atoms with van der Waals surface area (Å²) in [4.78, 5) is 20.0. The Hall–Kier alpha value is -1.53. The molecule has 0 aliphatic carbocycles. The van der Waals surface area contributed by atoms with Crippen LogP contribution in [0.25, 0.3) is 0 Å². The fraction of sp³-hybridized carbons (Fsp3) is 0.583. The van der Waals surface area contributed by atoms with Crippen molar-refractivity contribution in [2.75, 3.05) is 6.61 Å². The first-order valence-electron chi connectivity index (χ1n) is 6.19. The van der Waals surface area contributed by atoms with Gasteiger partial charge in [0.15, 0.2) is 5.82 Å². The zero-order valence-corrected chi connectivity index (χ0v) is 9.95. The third kappa shape index (κ3) is 1.97. The minimum absolute atomic E-state index is 0.00604. The molecule has 1 fully saturated rings. The molecule has 96 valence electrons. The molecule has 0 bridgehead atoms. The molecule has 1 aromatic heterocycles. The van der Waals surface area contributed by atoms with Crippen LogP contribution in [0.5, 0.6) is 0 Å². The zero-order valence-electron chi connectivity index (χ0n) is 9.95. The highest BCUT2D eigenvalue weighted by Gasteiger charge is 2.27. The van der Waals surface area contributed by atoms with Gasteiger partial charge in [-0.05, 0) is 25.7 Å². The van der Waals surface area contributed by atoms with E-state index in [1.807, 2.05) is 0 Å². The lowest BCUT2D eigenvalue weighted by Gasteiger charge is -2.17. The van der Waals surface area contributed by atoms with Gasteiger partial charge in [0.05, 0.1) is 12.7 Å². The number of aromatic nitrogens is 2.